The predicted octanol–water partition coefficient (Wildman–Crippen LogP) is 2.57. The summed E-state index contributed by atoms with van der Waals surface area (Å²) in [7, 11) is 3.28. The van der Waals surface area contributed by atoms with Crippen molar-refractivity contribution >= 4 is 40.9 Å². The molecule has 0 spiro atoms. The van der Waals surface area contributed by atoms with Gasteiger partial charge in [0.05, 0.1) is 16.2 Å². The minimum absolute atomic E-state index is 0.0108. The number of carbonyl (C=O) groups excluding carboxylic acids is 3. The van der Waals surface area contributed by atoms with Crippen LogP contribution in [-0.4, -0.2) is 54.1 Å². The highest BCUT2D eigenvalue weighted by molar-refractivity contribution is 8.00. The zero-order valence-corrected chi connectivity index (χ0v) is 16.6. The SMILES string of the molecule is CN(C)C(=O)CSc1ccccc1C(=O)OCC(=O)Nc1ccccc1[N+](=O)[O-]. The maximum absolute atomic E-state index is 12.4. The first kappa shape index (κ1) is 21.9. The van der Waals surface area contributed by atoms with Crippen LogP contribution in [0.1, 0.15) is 10.4 Å². The molecule has 2 aromatic rings. The molecule has 0 aliphatic heterocycles. The van der Waals surface area contributed by atoms with E-state index < -0.39 is 23.4 Å². The van der Waals surface area contributed by atoms with Gasteiger partial charge < -0.3 is 15.0 Å². The van der Waals surface area contributed by atoms with Crippen LogP contribution in [0.15, 0.2) is 53.4 Å². The largest absolute Gasteiger partial charge is 0.452 e. The summed E-state index contributed by atoms with van der Waals surface area (Å²) in [5.74, 6) is -1.40. The van der Waals surface area contributed by atoms with E-state index in [-0.39, 0.29) is 28.6 Å². The highest BCUT2D eigenvalue weighted by Crippen LogP contribution is 2.24. The third-order valence-corrected chi connectivity index (χ3v) is 4.72. The van der Waals surface area contributed by atoms with Gasteiger partial charge in [0.25, 0.3) is 11.6 Å². The lowest BCUT2D eigenvalue weighted by molar-refractivity contribution is -0.383. The summed E-state index contributed by atoms with van der Waals surface area (Å²) in [4.78, 5) is 48.5. The number of benzene rings is 2. The van der Waals surface area contributed by atoms with Crippen molar-refractivity contribution in [3.63, 3.8) is 0 Å². The van der Waals surface area contributed by atoms with E-state index in [1.807, 2.05) is 0 Å². The Morgan fingerprint density at radius 3 is 2.45 bits per heavy atom. The van der Waals surface area contributed by atoms with E-state index in [4.69, 9.17) is 4.74 Å². The lowest BCUT2D eigenvalue weighted by atomic mass is 10.2. The van der Waals surface area contributed by atoms with Crippen LogP contribution in [0.25, 0.3) is 0 Å². The number of nitrogens with one attached hydrogen (secondary N) is 1. The Balaban J connectivity index is 1.98. The van der Waals surface area contributed by atoms with Gasteiger partial charge in [0.1, 0.15) is 5.69 Å². The summed E-state index contributed by atoms with van der Waals surface area (Å²) in [6.45, 7) is -0.611. The molecule has 0 aliphatic rings. The molecule has 0 saturated heterocycles. The maximum Gasteiger partial charge on any atom is 0.339 e. The average molecular weight is 417 g/mol. The van der Waals surface area contributed by atoms with Crippen molar-refractivity contribution in [3.8, 4) is 0 Å². The van der Waals surface area contributed by atoms with E-state index in [2.05, 4.69) is 5.32 Å². The summed E-state index contributed by atoms with van der Waals surface area (Å²) in [5, 5.41) is 13.3. The fraction of sp³-hybridized carbons (Fsp3) is 0.211. The molecule has 0 fully saturated rings. The van der Waals surface area contributed by atoms with E-state index in [0.717, 1.165) is 0 Å². The van der Waals surface area contributed by atoms with Gasteiger partial charge in [-0.3, -0.25) is 19.7 Å². The predicted molar refractivity (Wildman–Crippen MR) is 108 cm³/mol. The highest BCUT2D eigenvalue weighted by atomic mass is 32.2. The van der Waals surface area contributed by atoms with Crippen molar-refractivity contribution in [2.75, 3.05) is 31.8 Å². The first-order valence-electron chi connectivity index (χ1n) is 8.42. The normalized spacial score (nSPS) is 10.1. The molecule has 0 saturated carbocycles. The molecule has 9 nitrogen and oxygen atoms in total. The standard InChI is InChI=1S/C19H19N3O6S/c1-21(2)18(24)12-29-16-10-6-3-7-13(16)19(25)28-11-17(23)20-14-8-4-5-9-15(14)22(26)27/h3-10H,11-12H2,1-2H3,(H,20,23). The second-order valence-corrected chi connectivity index (χ2v) is 6.99. The lowest BCUT2D eigenvalue weighted by Crippen LogP contribution is -2.23. The first-order valence-corrected chi connectivity index (χ1v) is 9.40. The molecule has 1 N–H and O–H groups in total. The van der Waals surface area contributed by atoms with Crippen molar-refractivity contribution in [3.05, 3.63) is 64.2 Å². The number of ether oxygens (including phenoxy) is 1. The molecule has 29 heavy (non-hydrogen) atoms. The Morgan fingerprint density at radius 1 is 1.10 bits per heavy atom. The molecular weight excluding hydrogens is 398 g/mol. The number of hydrogen-bond acceptors (Lipinski definition) is 7. The molecule has 0 radical (unpaired) electrons. The molecule has 152 valence electrons. The third-order valence-electron chi connectivity index (χ3n) is 3.67. The summed E-state index contributed by atoms with van der Waals surface area (Å²) >= 11 is 1.19. The summed E-state index contributed by atoms with van der Waals surface area (Å²) in [5.41, 5.74) is -0.0290. The van der Waals surface area contributed by atoms with Crippen molar-refractivity contribution < 1.29 is 24.0 Å². The molecular formula is C19H19N3O6S. The number of para-hydroxylation sites is 2. The number of thioether (sulfide) groups is 1. The van der Waals surface area contributed by atoms with Gasteiger partial charge in [-0.25, -0.2) is 4.79 Å². The second-order valence-electron chi connectivity index (χ2n) is 5.97. The number of carbonyl (C=O) groups is 3. The Bertz CT molecular complexity index is 932. The van der Waals surface area contributed by atoms with E-state index >= 15 is 0 Å². The number of anilines is 1. The number of amides is 2. The first-order chi connectivity index (χ1) is 13.8. The second kappa shape index (κ2) is 10.2. The van der Waals surface area contributed by atoms with Crippen LogP contribution in [0.3, 0.4) is 0 Å². The summed E-state index contributed by atoms with van der Waals surface area (Å²) in [6.07, 6.45) is 0. The monoisotopic (exact) mass is 417 g/mol. The zero-order chi connectivity index (χ0) is 21.4. The lowest BCUT2D eigenvalue weighted by Gasteiger charge is -2.12. The Morgan fingerprint density at radius 2 is 1.76 bits per heavy atom. The van der Waals surface area contributed by atoms with E-state index in [1.54, 1.807) is 32.3 Å². The van der Waals surface area contributed by atoms with Gasteiger partial charge in [0, 0.05) is 25.1 Å². The van der Waals surface area contributed by atoms with Crippen LogP contribution in [-0.2, 0) is 14.3 Å². The number of nitrogens with zero attached hydrogens (tertiary/aromatic N) is 2. The molecule has 0 bridgehead atoms. The van der Waals surface area contributed by atoms with E-state index in [0.29, 0.717) is 4.90 Å². The van der Waals surface area contributed by atoms with Crippen LogP contribution in [0.5, 0.6) is 0 Å². The minimum Gasteiger partial charge on any atom is -0.452 e. The van der Waals surface area contributed by atoms with Crippen LogP contribution in [0.2, 0.25) is 0 Å². The topological polar surface area (TPSA) is 119 Å². The van der Waals surface area contributed by atoms with Gasteiger partial charge in [0.15, 0.2) is 6.61 Å². The Kier molecular flexibility index (Phi) is 7.72. The molecule has 2 amide bonds. The molecule has 0 atom stereocenters. The van der Waals surface area contributed by atoms with Crippen molar-refractivity contribution in [1.82, 2.24) is 4.90 Å². The van der Waals surface area contributed by atoms with Gasteiger partial charge in [-0.05, 0) is 18.2 Å². The van der Waals surface area contributed by atoms with Gasteiger partial charge in [-0.1, -0.05) is 24.3 Å². The number of hydrogen-bond donors (Lipinski definition) is 1. The van der Waals surface area contributed by atoms with Crippen LogP contribution in [0, 0.1) is 10.1 Å². The Labute approximate surface area is 171 Å². The summed E-state index contributed by atoms with van der Waals surface area (Å²) in [6, 6.07) is 12.2. The smallest absolute Gasteiger partial charge is 0.339 e. The summed E-state index contributed by atoms with van der Waals surface area (Å²) < 4.78 is 5.03. The molecule has 0 aliphatic carbocycles. The van der Waals surface area contributed by atoms with Crippen molar-refractivity contribution in [1.29, 1.82) is 0 Å². The third kappa shape index (κ3) is 6.32. The molecule has 0 unspecified atom stereocenters. The fourth-order valence-electron chi connectivity index (χ4n) is 2.16. The molecule has 10 heteroatoms. The molecule has 2 aromatic carbocycles. The van der Waals surface area contributed by atoms with Gasteiger partial charge in [-0.2, -0.15) is 0 Å². The van der Waals surface area contributed by atoms with E-state index in [9.17, 15) is 24.5 Å². The van der Waals surface area contributed by atoms with Crippen LogP contribution in [0.4, 0.5) is 11.4 Å². The average Bonchev–Trinajstić information content (AvgIpc) is 2.70. The fourth-order valence-corrected chi connectivity index (χ4v) is 3.18. The molecule has 0 aromatic heterocycles. The van der Waals surface area contributed by atoms with Gasteiger partial charge in [0.2, 0.25) is 5.91 Å². The van der Waals surface area contributed by atoms with Crippen molar-refractivity contribution in [2.24, 2.45) is 0 Å². The van der Waals surface area contributed by atoms with Gasteiger partial charge in [-0.15, -0.1) is 11.8 Å². The van der Waals surface area contributed by atoms with Gasteiger partial charge >= 0.3 is 5.97 Å². The van der Waals surface area contributed by atoms with Crippen LogP contribution < -0.4 is 5.32 Å². The number of esters is 1. The number of nitro groups is 1. The quantitative estimate of drug-likeness (QED) is 0.303. The Hall–Kier alpha value is -3.40. The minimum atomic E-state index is -0.733. The van der Waals surface area contributed by atoms with Crippen LogP contribution >= 0.6 is 11.8 Å². The maximum atomic E-state index is 12.4. The number of rotatable bonds is 8. The highest BCUT2D eigenvalue weighted by Gasteiger charge is 2.18. The zero-order valence-electron chi connectivity index (χ0n) is 15.8. The number of nitro benzene ring substituents is 1. The molecule has 0 heterocycles. The van der Waals surface area contributed by atoms with E-state index in [1.165, 1.54) is 47.0 Å². The molecule has 2 rings (SSSR count). The van der Waals surface area contributed by atoms with Crippen molar-refractivity contribution in [2.45, 2.75) is 4.90 Å².